The van der Waals surface area contributed by atoms with Crippen molar-refractivity contribution in [2.75, 3.05) is 40.0 Å². The van der Waals surface area contributed by atoms with E-state index in [9.17, 15) is 4.79 Å². The van der Waals surface area contributed by atoms with E-state index in [1.165, 1.54) is 6.20 Å². The lowest BCUT2D eigenvalue weighted by Crippen LogP contribution is -2.42. The number of aromatic nitrogens is 2. The first kappa shape index (κ1) is 24.1. The van der Waals surface area contributed by atoms with Gasteiger partial charge >= 0.3 is 0 Å². The number of nitrogens with zero attached hydrogens (tertiary/aromatic N) is 3. The van der Waals surface area contributed by atoms with Crippen molar-refractivity contribution in [1.29, 1.82) is 0 Å². The topological polar surface area (TPSA) is 98.3 Å². The largest absolute Gasteiger partial charge is 0.488 e. The quantitative estimate of drug-likeness (QED) is 0.453. The van der Waals surface area contributed by atoms with Gasteiger partial charge in [0.25, 0.3) is 5.91 Å². The summed E-state index contributed by atoms with van der Waals surface area (Å²) in [5.74, 6) is 1.80. The van der Waals surface area contributed by atoms with Gasteiger partial charge in [0, 0.05) is 43.7 Å². The maximum Gasteiger partial charge on any atom is 0.255 e. The molecule has 9 nitrogen and oxygen atoms in total. The van der Waals surface area contributed by atoms with Gasteiger partial charge in [-0.25, -0.2) is 9.98 Å². The normalized spacial score (nSPS) is 15.6. The number of aliphatic imine (C=N–C) groups is 1. The van der Waals surface area contributed by atoms with Crippen LogP contribution in [0.2, 0.25) is 5.02 Å². The molecule has 4 heterocycles. The van der Waals surface area contributed by atoms with E-state index in [-0.39, 0.29) is 22.9 Å². The maximum absolute atomic E-state index is 12.5. The molecule has 5 rings (SSSR count). The summed E-state index contributed by atoms with van der Waals surface area (Å²) in [5.41, 5.74) is 2.91. The van der Waals surface area contributed by atoms with Gasteiger partial charge in [0.15, 0.2) is 0 Å². The molecule has 3 aromatic rings. The molecular weight excluding hydrogens is 484 g/mol. The summed E-state index contributed by atoms with van der Waals surface area (Å²) < 4.78 is 22.9. The molecule has 10 heteroatoms. The van der Waals surface area contributed by atoms with E-state index in [0.717, 1.165) is 36.5 Å². The summed E-state index contributed by atoms with van der Waals surface area (Å²) in [6.45, 7) is 5.10. The average molecular weight is 511 g/mol. The zero-order valence-corrected chi connectivity index (χ0v) is 20.9. The zero-order chi connectivity index (χ0) is 25.1. The zero-order valence-electron chi connectivity index (χ0n) is 20.1. The number of pyridine rings is 1. The highest BCUT2D eigenvalue weighted by Crippen LogP contribution is 2.35. The van der Waals surface area contributed by atoms with E-state index in [4.69, 9.17) is 30.5 Å². The minimum atomic E-state index is -0.174. The first-order valence-electron chi connectivity index (χ1n) is 11.8. The fraction of sp³-hybridized carbons (Fsp3) is 0.346. The van der Waals surface area contributed by atoms with Gasteiger partial charge < -0.3 is 28.8 Å². The van der Waals surface area contributed by atoms with Crippen molar-refractivity contribution in [1.82, 2.24) is 14.9 Å². The molecule has 2 aliphatic rings. The highest BCUT2D eigenvalue weighted by molar-refractivity contribution is 6.32. The van der Waals surface area contributed by atoms with Crippen molar-refractivity contribution >= 4 is 23.4 Å². The van der Waals surface area contributed by atoms with Crippen molar-refractivity contribution in [3.8, 4) is 28.6 Å². The molecule has 1 fully saturated rings. The minimum Gasteiger partial charge on any atom is -0.488 e. The summed E-state index contributed by atoms with van der Waals surface area (Å²) in [6, 6.07) is 11.0. The van der Waals surface area contributed by atoms with Crippen LogP contribution in [0.3, 0.4) is 0 Å². The van der Waals surface area contributed by atoms with Crippen LogP contribution in [0.25, 0.3) is 11.3 Å². The maximum atomic E-state index is 12.5. The van der Waals surface area contributed by atoms with Gasteiger partial charge in [-0.2, -0.15) is 0 Å². The van der Waals surface area contributed by atoms with Crippen LogP contribution in [0.4, 0.5) is 0 Å². The Morgan fingerprint density at radius 1 is 1.19 bits per heavy atom. The van der Waals surface area contributed by atoms with E-state index in [1.54, 1.807) is 24.1 Å². The molecule has 2 aromatic heterocycles. The third kappa shape index (κ3) is 5.32. The monoisotopic (exact) mass is 510 g/mol. The second kappa shape index (κ2) is 10.6. The van der Waals surface area contributed by atoms with Gasteiger partial charge in [-0.15, -0.1) is 0 Å². The Kier molecular flexibility index (Phi) is 7.11. The smallest absolute Gasteiger partial charge is 0.255 e. The van der Waals surface area contributed by atoms with E-state index in [0.29, 0.717) is 42.7 Å². The summed E-state index contributed by atoms with van der Waals surface area (Å²) in [6.07, 6.45) is 2.33. The Bertz CT molecular complexity index is 1290. The van der Waals surface area contributed by atoms with E-state index >= 15 is 0 Å². The molecule has 1 atom stereocenters. The number of likely N-dealkylation sites (tertiary alicyclic amines) is 1. The van der Waals surface area contributed by atoms with Gasteiger partial charge in [0.2, 0.25) is 11.8 Å². The third-order valence-electron chi connectivity index (χ3n) is 5.84. The SMILES string of the molecule is COC[C@H](C)Oc1cc(Oc2ncc(C(=O)N3CCC3)cc2Cl)cc(-c2ccc(C3=NCCO3)[nH]2)c1. The predicted octanol–water partition coefficient (Wildman–Crippen LogP) is 4.56. The Hall–Kier alpha value is -3.56. The molecule has 1 N–H and O–H groups in total. The summed E-state index contributed by atoms with van der Waals surface area (Å²) in [5, 5.41) is 0.251. The van der Waals surface area contributed by atoms with Crippen molar-refractivity contribution in [3.63, 3.8) is 0 Å². The number of H-pyrrole nitrogens is 1. The predicted molar refractivity (Wildman–Crippen MR) is 135 cm³/mol. The van der Waals surface area contributed by atoms with Gasteiger partial charge in [0.1, 0.15) is 34.9 Å². The number of nitrogens with one attached hydrogen (secondary N) is 1. The lowest BCUT2D eigenvalue weighted by molar-refractivity contribution is 0.0651. The first-order valence-corrected chi connectivity index (χ1v) is 12.2. The van der Waals surface area contributed by atoms with Crippen LogP contribution >= 0.6 is 11.6 Å². The minimum absolute atomic E-state index is 0.0783. The van der Waals surface area contributed by atoms with Crippen LogP contribution in [0.15, 0.2) is 47.6 Å². The molecule has 36 heavy (non-hydrogen) atoms. The molecule has 1 saturated heterocycles. The number of aromatic amines is 1. The van der Waals surface area contributed by atoms with Crippen molar-refractivity contribution in [3.05, 3.63) is 58.9 Å². The number of amides is 1. The van der Waals surface area contributed by atoms with Crippen LogP contribution in [-0.2, 0) is 9.47 Å². The van der Waals surface area contributed by atoms with Gasteiger partial charge in [-0.3, -0.25) is 4.79 Å². The van der Waals surface area contributed by atoms with Crippen molar-refractivity contribution in [2.24, 2.45) is 4.99 Å². The molecule has 0 spiro atoms. The van der Waals surface area contributed by atoms with E-state index in [2.05, 4.69) is 15.0 Å². The van der Waals surface area contributed by atoms with E-state index in [1.807, 2.05) is 31.2 Å². The molecule has 1 amide bonds. The number of carbonyl (C=O) groups excluding carboxylic acids is 1. The number of halogens is 1. The highest BCUT2D eigenvalue weighted by Gasteiger charge is 2.23. The molecule has 0 bridgehead atoms. The number of methoxy groups -OCH3 is 1. The summed E-state index contributed by atoms with van der Waals surface area (Å²) >= 11 is 6.45. The summed E-state index contributed by atoms with van der Waals surface area (Å²) in [7, 11) is 1.63. The molecule has 0 unspecified atom stereocenters. The number of hydrogen-bond donors (Lipinski definition) is 1. The second-order valence-corrected chi connectivity index (χ2v) is 9.06. The Balaban J connectivity index is 1.42. The van der Waals surface area contributed by atoms with Gasteiger partial charge in [-0.05, 0) is 43.7 Å². The van der Waals surface area contributed by atoms with Crippen LogP contribution in [0.5, 0.6) is 17.4 Å². The number of rotatable bonds is 9. The highest BCUT2D eigenvalue weighted by atomic mass is 35.5. The van der Waals surface area contributed by atoms with Crippen LogP contribution in [-0.4, -0.2) is 72.7 Å². The van der Waals surface area contributed by atoms with E-state index < -0.39 is 0 Å². The molecular formula is C26H27ClN4O5. The third-order valence-corrected chi connectivity index (χ3v) is 6.11. The molecule has 0 radical (unpaired) electrons. The number of hydrogen-bond acceptors (Lipinski definition) is 7. The fourth-order valence-corrected chi connectivity index (χ4v) is 4.18. The number of carbonyl (C=O) groups is 1. The Morgan fingerprint density at radius 3 is 2.69 bits per heavy atom. The van der Waals surface area contributed by atoms with Crippen LogP contribution < -0.4 is 9.47 Å². The van der Waals surface area contributed by atoms with Crippen molar-refractivity contribution in [2.45, 2.75) is 19.4 Å². The summed E-state index contributed by atoms with van der Waals surface area (Å²) in [4.78, 5) is 26.3. The molecule has 0 aliphatic carbocycles. The average Bonchev–Trinajstić information content (AvgIpc) is 3.51. The Labute approximate surface area is 214 Å². The molecule has 0 saturated carbocycles. The van der Waals surface area contributed by atoms with Gasteiger partial charge in [-0.1, -0.05) is 11.6 Å². The first-order chi connectivity index (χ1) is 17.5. The molecule has 188 valence electrons. The lowest BCUT2D eigenvalue weighted by Gasteiger charge is -2.30. The number of benzene rings is 1. The lowest BCUT2D eigenvalue weighted by atomic mass is 10.1. The molecule has 1 aromatic carbocycles. The Morgan fingerprint density at radius 2 is 2.00 bits per heavy atom. The van der Waals surface area contributed by atoms with Crippen molar-refractivity contribution < 1.29 is 23.7 Å². The molecule has 2 aliphatic heterocycles. The number of ether oxygens (including phenoxy) is 4. The van der Waals surface area contributed by atoms with Crippen LogP contribution in [0, 0.1) is 0 Å². The standard InChI is InChI=1S/C26H27ClN4O5/c1-16(15-33-2)35-19-10-17(22-4-5-23(30-22)25-28-6-9-34-25)11-20(13-19)36-24-21(27)12-18(14-29-24)26(32)31-7-3-8-31/h4-5,10-14,16,30H,3,6-9,15H2,1-2H3/t16-/m0/s1. The van der Waals surface area contributed by atoms with Gasteiger partial charge in [0.05, 0.1) is 18.7 Å². The van der Waals surface area contributed by atoms with Crippen LogP contribution in [0.1, 0.15) is 29.4 Å². The fourth-order valence-electron chi connectivity index (χ4n) is 3.97. The second-order valence-electron chi connectivity index (χ2n) is 8.66.